The fourth-order valence-electron chi connectivity index (χ4n) is 2.55. The largest absolute Gasteiger partial charge is 0.493 e. The summed E-state index contributed by atoms with van der Waals surface area (Å²) in [5.41, 5.74) is 0.781. The Morgan fingerprint density at radius 2 is 1.89 bits per heavy atom. The molecule has 0 aromatic heterocycles. The summed E-state index contributed by atoms with van der Waals surface area (Å²) in [7, 11) is 4.88. The number of ether oxygens (including phenoxy) is 2. The van der Waals surface area contributed by atoms with Crippen molar-refractivity contribution < 1.29 is 19.2 Å². The van der Waals surface area contributed by atoms with Crippen LogP contribution in [0.1, 0.15) is 5.56 Å². The maximum atomic E-state index is 12.3. The van der Waals surface area contributed by atoms with Crippen molar-refractivity contribution in [3.05, 3.63) is 57.1 Å². The maximum absolute atomic E-state index is 12.3. The SMILES string of the molecule is COc1ccc(CN(C)CC(=O)Nc2cc(Cl)ccc2[N+](=O)[O-])cc1OC. The number of carbonyl (C=O) groups is 1. The minimum atomic E-state index is -0.570. The van der Waals surface area contributed by atoms with E-state index in [-0.39, 0.29) is 23.8 Å². The first-order valence-corrected chi connectivity index (χ1v) is 8.35. The predicted molar refractivity (Wildman–Crippen MR) is 103 cm³/mol. The second kappa shape index (κ2) is 9.20. The monoisotopic (exact) mass is 393 g/mol. The molecule has 1 amide bonds. The molecule has 0 spiro atoms. The van der Waals surface area contributed by atoms with E-state index >= 15 is 0 Å². The van der Waals surface area contributed by atoms with Gasteiger partial charge in [0.2, 0.25) is 5.91 Å². The van der Waals surface area contributed by atoms with Crippen LogP contribution in [0.4, 0.5) is 11.4 Å². The van der Waals surface area contributed by atoms with Gasteiger partial charge in [-0.3, -0.25) is 19.8 Å². The van der Waals surface area contributed by atoms with Crippen LogP contribution in [0.5, 0.6) is 11.5 Å². The first-order valence-electron chi connectivity index (χ1n) is 7.97. The van der Waals surface area contributed by atoms with E-state index in [0.717, 1.165) is 5.56 Å². The number of halogens is 1. The molecule has 0 saturated carbocycles. The minimum absolute atomic E-state index is 0.0397. The Hall–Kier alpha value is -2.84. The molecule has 0 unspecified atom stereocenters. The molecular formula is C18H20ClN3O5. The van der Waals surface area contributed by atoms with E-state index in [1.807, 2.05) is 12.1 Å². The van der Waals surface area contributed by atoms with Crippen molar-refractivity contribution in [1.82, 2.24) is 4.90 Å². The zero-order valence-electron chi connectivity index (χ0n) is 15.2. The summed E-state index contributed by atoms with van der Waals surface area (Å²) in [4.78, 5) is 24.5. The average Bonchev–Trinajstić information content (AvgIpc) is 2.61. The molecule has 0 aliphatic heterocycles. The number of rotatable bonds is 8. The number of nitrogens with zero attached hydrogens (tertiary/aromatic N) is 2. The van der Waals surface area contributed by atoms with Crippen molar-refractivity contribution in [2.45, 2.75) is 6.54 Å². The molecular weight excluding hydrogens is 374 g/mol. The molecule has 0 aliphatic carbocycles. The first-order chi connectivity index (χ1) is 12.8. The number of amides is 1. The minimum Gasteiger partial charge on any atom is -0.493 e. The van der Waals surface area contributed by atoms with Crippen LogP contribution in [0.3, 0.4) is 0 Å². The Morgan fingerprint density at radius 3 is 2.52 bits per heavy atom. The normalized spacial score (nSPS) is 10.6. The van der Waals surface area contributed by atoms with Crippen LogP contribution >= 0.6 is 11.6 Å². The number of anilines is 1. The van der Waals surface area contributed by atoms with Crippen molar-refractivity contribution in [2.24, 2.45) is 0 Å². The molecule has 2 rings (SSSR count). The van der Waals surface area contributed by atoms with Gasteiger partial charge in [-0.1, -0.05) is 17.7 Å². The van der Waals surface area contributed by atoms with E-state index in [4.69, 9.17) is 21.1 Å². The van der Waals surface area contributed by atoms with Gasteiger partial charge in [-0.2, -0.15) is 0 Å². The van der Waals surface area contributed by atoms with Gasteiger partial charge in [0.05, 0.1) is 25.7 Å². The van der Waals surface area contributed by atoms with Crippen LogP contribution in [0, 0.1) is 10.1 Å². The molecule has 8 nitrogen and oxygen atoms in total. The van der Waals surface area contributed by atoms with Crippen molar-refractivity contribution in [2.75, 3.05) is 33.1 Å². The number of nitro benzene ring substituents is 1. The molecule has 144 valence electrons. The molecule has 0 radical (unpaired) electrons. The maximum Gasteiger partial charge on any atom is 0.292 e. The third-order valence-corrected chi connectivity index (χ3v) is 3.98. The van der Waals surface area contributed by atoms with Crippen LogP contribution < -0.4 is 14.8 Å². The third kappa shape index (κ3) is 5.57. The summed E-state index contributed by atoms with van der Waals surface area (Å²) in [6.45, 7) is 0.517. The van der Waals surface area contributed by atoms with Gasteiger partial charge in [0, 0.05) is 17.6 Å². The predicted octanol–water partition coefficient (Wildman–Crippen LogP) is 3.34. The number of hydrogen-bond donors (Lipinski definition) is 1. The summed E-state index contributed by atoms with van der Waals surface area (Å²) >= 11 is 5.86. The topological polar surface area (TPSA) is 93.9 Å². The van der Waals surface area contributed by atoms with Gasteiger partial charge >= 0.3 is 0 Å². The van der Waals surface area contributed by atoms with E-state index in [1.165, 1.54) is 18.2 Å². The number of nitro groups is 1. The average molecular weight is 394 g/mol. The van der Waals surface area contributed by atoms with E-state index < -0.39 is 4.92 Å². The molecule has 0 fully saturated rings. The molecule has 0 heterocycles. The molecule has 2 aromatic rings. The summed E-state index contributed by atoms with van der Waals surface area (Å²) in [6.07, 6.45) is 0. The molecule has 1 N–H and O–H groups in total. The smallest absolute Gasteiger partial charge is 0.292 e. The lowest BCUT2D eigenvalue weighted by Crippen LogP contribution is -2.30. The molecule has 0 saturated heterocycles. The van der Waals surface area contributed by atoms with E-state index in [1.54, 1.807) is 32.2 Å². The Kier molecular flexibility index (Phi) is 6.98. The van der Waals surface area contributed by atoms with Crippen molar-refractivity contribution in [1.29, 1.82) is 0 Å². The molecule has 0 bridgehead atoms. The van der Waals surface area contributed by atoms with Gasteiger partial charge in [0.1, 0.15) is 5.69 Å². The van der Waals surface area contributed by atoms with Crippen LogP contribution in [0.25, 0.3) is 0 Å². The van der Waals surface area contributed by atoms with Gasteiger partial charge in [0.25, 0.3) is 5.69 Å². The summed E-state index contributed by atoms with van der Waals surface area (Å²) < 4.78 is 10.5. The highest BCUT2D eigenvalue weighted by molar-refractivity contribution is 6.31. The molecule has 27 heavy (non-hydrogen) atoms. The molecule has 0 atom stereocenters. The first kappa shape index (κ1) is 20.5. The standard InChI is InChI=1S/C18H20ClN3O5/c1-21(10-12-4-7-16(26-2)17(8-12)27-3)11-18(23)20-14-9-13(19)5-6-15(14)22(24)25/h4-9H,10-11H2,1-3H3,(H,20,23). The lowest BCUT2D eigenvalue weighted by molar-refractivity contribution is -0.383. The van der Waals surface area contributed by atoms with Gasteiger partial charge in [-0.05, 0) is 36.9 Å². The van der Waals surface area contributed by atoms with Crippen LogP contribution in [0.15, 0.2) is 36.4 Å². The third-order valence-electron chi connectivity index (χ3n) is 3.74. The van der Waals surface area contributed by atoms with Gasteiger partial charge < -0.3 is 14.8 Å². The highest BCUT2D eigenvalue weighted by Gasteiger charge is 2.17. The second-order valence-corrected chi connectivity index (χ2v) is 6.26. The van der Waals surface area contributed by atoms with Crippen LogP contribution in [-0.4, -0.2) is 43.5 Å². The molecule has 9 heteroatoms. The number of likely N-dealkylation sites (N-methyl/N-ethyl adjacent to an activating group) is 1. The quantitative estimate of drug-likeness (QED) is 0.546. The highest BCUT2D eigenvalue weighted by atomic mass is 35.5. The second-order valence-electron chi connectivity index (χ2n) is 5.83. The van der Waals surface area contributed by atoms with E-state index in [0.29, 0.717) is 23.1 Å². The highest BCUT2D eigenvalue weighted by Crippen LogP contribution is 2.29. The van der Waals surface area contributed by atoms with Crippen LogP contribution in [0.2, 0.25) is 5.02 Å². The summed E-state index contributed by atoms with van der Waals surface area (Å²) in [5, 5.41) is 13.9. The van der Waals surface area contributed by atoms with Crippen molar-refractivity contribution in [3.8, 4) is 11.5 Å². The van der Waals surface area contributed by atoms with Crippen LogP contribution in [-0.2, 0) is 11.3 Å². The Balaban J connectivity index is 2.02. The van der Waals surface area contributed by atoms with Crippen molar-refractivity contribution >= 4 is 28.9 Å². The zero-order chi connectivity index (χ0) is 20.0. The number of carbonyl (C=O) groups excluding carboxylic acids is 1. The number of hydrogen-bond acceptors (Lipinski definition) is 6. The summed E-state index contributed by atoms with van der Waals surface area (Å²) in [5.74, 6) is 0.834. The fraction of sp³-hybridized carbons (Fsp3) is 0.278. The van der Waals surface area contributed by atoms with Gasteiger partial charge in [0.15, 0.2) is 11.5 Å². The molecule has 0 aliphatic rings. The van der Waals surface area contributed by atoms with Gasteiger partial charge in [-0.25, -0.2) is 0 Å². The van der Waals surface area contributed by atoms with Crippen molar-refractivity contribution in [3.63, 3.8) is 0 Å². The van der Waals surface area contributed by atoms with E-state index in [2.05, 4.69) is 5.32 Å². The number of benzene rings is 2. The lowest BCUT2D eigenvalue weighted by atomic mass is 10.2. The Bertz CT molecular complexity index is 844. The Labute approximate surface area is 161 Å². The molecule has 2 aromatic carbocycles. The fourth-order valence-corrected chi connectivity index (χ4v) is 2.72. The number of methoxy groups -OCH3 is 2. The number of nitrogens with one attached hydrogen (secondary N) is 1. The lowest BCUT2D eigenvalue weighted by Gasteiger charge is -2.17. The Morgan fingerprint density at radius 1 is 1.19 bits per heavy atom. The summed E-state index contributed by atoms with van der Waals surface area (Å²) in [6, 6.07) is 9.50. The zero-order valence-corrected chi connectivity index (χ0v) is 15.9. The van der Waals surface area contributed by atoms with E-state index in [9.17, 15) is 14.9 Å². The van der Waals surface area contributed by atoms with Gasteiger partial charge in [-0.15, -0.1) is 0 Å².